The Bertz CT molecular complexity index is 822. The van der Waals surface area contributed by atoms with Gasteiger partial charge in [0.05, 0.1) is 24.3 Å². The third-order valence-corrected chi connectivity index (χ3v) is 4.46. The van der Waals surface area contributed by atoms with Gasteiger partial charge in [0, 0.05) is 38.4 Å². The van der Waals surface area contributed by atoms with Crippen molar-refractivity contribution in [3.05, 3.63) is 65.8 Å². The summed E-state index contributed by atoms with van der Waals surface area (Å²) in [7, 11) is 2.01. The van der Waals surface area contributed by atoms with Gasteiger partial charge < -0.3 is 14.7 Å². The molecular weight excluding hydrogens is 290 g/mol. The van der Waals surface area contributed by atoms with E-state index in [0.29, 0.717) is 5.75 Å². The number of phenols is 1. The van der Waals surface area contributed by atoms with E-state index in [1.54, 1.807) is 12.4 Å². The zero-order valence-electron chi connectivity index (χ0n) is 13.0. The second-order valence-electron chi connectivity index (χ2n) is 6.04. The van der Waals surface area contributed by atoms with E-state index in [1.807, 2.05) is 42.2 Å². The fourth-order valence-corrected chi connectivity index (χ4v) is 3.27. The SMILES string of the molecule is Cn1ccnc1CN1Cc2[nH]cnc2C(c2cccc(O)c2)C1. The molecule has 6 nitrogen and oxygen atoms in total. The van der Waals surface area contributed by atoms with Crippen molar-refractivity contribution in [2.75, 3.05) is 6.54 Å². The maximum absolute atomic E-state index is 9.80. The highest BCUT2D eigenvalue weighted by atomic mass is 16.3. The summed E-state index contributed by atoms with van der Waals surface area (Å²) >= 11 is 0. The van der Waals surface area contributed by atoms with Crippen molar-refractivity contribution in [1.29, 1.82) is 0 Å². The van der Waals surface area contributed by atoms with Crippen LogP contribution in [0.25, 0.3) is 0 Å². The number of nitrogens with one attached hydrogen (secondary N) is 1. The third-order valence-electron chi connectivity index (χ3n) is 4.46. The van der Waals surface area contributed by atoms with Crippen LogP contribution < -0.4 is 0 Å². The molecule has 4 rings (SSSR count). The highest BCUT2D eigenvalue weighted by molar-refractivity contribution is 5.37. The van der Waals surface area contributed by atoms with Gasteiger partial charge in [-0.05, 0) is 17.7 Å². The van der Waals surface area contributed by atoms with Crippen molar-refractivity contribution in [3.8, 4) is 5.75 Å². The predicted molar refractivity (Wildman–Crippen MR) is 85.9 cm³/mol. The van der Waals surface area contributed by atoms with Crippen LogP contribution in [0.1, 0.15) is 28.7 Å². The Morgan fingerprint density at radius 1 is 1.35 bits per heavy atom. The number of phenolic OH excluding ortho intramolecular Hbond substituents is 1. The summed E-state index contributed by atoms with van der Waals surface area (Å²) in [6.45, 7) is 2.48. The minimum atomic E-state index is 0.150. The van der Waals surface area contributed by atoms with Crippen molar-refractivity contribution in [2.24, 2.45) is 7.05 Å². The minimum Gasteiger partial charge on any atom is -0.508 e. The summed E-state index contributed by atoms with van der Waals surface area (Å²) in [6.07, 6.45) is 5.55. The Balaban J connectivity index is 1.65. The molecule has 1 aliphatic rings. The fraction of sp³-hybridized carbons (Fsp3) is 0.294. The van der Waals surface area contributed by atoms with E-state index in [-0.39, 0.29) is 5.92 Å². The maximum Gasteiger partial charge on any atom is 0.122 e. The van der Waals surface area contributed by atoms with Crippen LogP contribution in [0.4, 0.5) is 0 Å². The molecule has 2 aromatic heterocycles. The van der Waals surface area contributed by atoms with Crippen LogP contribution in [-0.2, 0) is 20.1 Å². The van der Waals surface area contributed by atoms with Gasteiger partial charge in [0.15, 0.2) is 0 Å². The molecule has 1 atom stereocenters. The van der Waals surface area contributed by atoms with Crippen molar-refractivity contribution in [3.63, 3.8) is 0 Å². The topological polar surface area (TPSA) is 70.0 Å². The molecule has 0 amide bonds. The van der Waals surface area contributed by atoms with Crippen molar-refractivity contribution in [2.45, 2.75) is 19.0 Å². The first kappa shape index (κ1) is 14.0. The summed E-state index contributed by atoms with van der Waals surface area (Å²) in [5.41, 5.74) is 3.30. The zero-order chi connectivity index (χ0) is 15.8. The van der Waals surface area contributed by atoms with Crippen molar-refractivity contribution in [1.82, 2.24) is 24.4 Å². The second-order valence-corrected chi connectivity index (χ2v) is 6.04. The number of aromatic amines is 1. The van der Waals surface area contributed by atoms with Crippen LogP contribution >= 0.6 is 0 Å². The van der Waals surface area contributed by atoms with Gasteiger partial charge in [0.2, 0.25) is 0 Å². The van der Waals surface area contributed by atoms with Crippen LogP contribution in [-0.4, -0.2) is 36.1 Å². The second kappa shape index (κ2) is 5.55. The van der Waals surface area contributed by atoms with E-state index in [9.17, 15) is 5.11 Å². The number of fused-ring (bicyclic) bond motifs is 1. The molecule has 0 saturated heterocycles. The normalized spacial score (nSPS) is 18.0. The third kappa shape index (κ3) is 2.61. The van der Waals surface area contributed by atoms with E-state index in [4.69, 9.17) is 0 Å². The largest absolute Gasteiger partial charge is 0.508 e. The van der Waals surface area contributed by atoms with Gasteiger partial charge in [0.25, 0.3) is 0 Å². The predicted octanol–water partition coefficient (Wildman–Crippen LogP) is 2.00. The molecule has 1 unspecified atom stereocenters. The Morgan fingerprint density at radius 2 is 2.26 bits per heavy atom. The highest BCUT2D eigenvalue weighted by Crippen LogP contribution is 2.33. The van der Waals surface area contributed by atoms with Gasteiger partial charge in [-0.3, -0.25) is 4.90 Å². The lowest BCUT2D eigenvalue weighted by Crippen LogP contribution is -2.34. The molecule has 0 aliphatic carbocycles. The summed E-state index contributed by atoms with van der Waals surface area (Å²) in [5, 5.41) is 9.80. The lowest BCUT2D eigenvalue weighted by molar-refractivity contribution is 0.220. The number of H-pyrrole nitrogens is 1. The molecule has 0 fully saturated rings. The lowest BCUT2D eigenvalue weighted by Gasteiger charge is -2.32. The van der Waals surface area contributed by atoms with Crippen LogP contribution in [0.3, 0.4) is 0 Å². The quantitative estimate of drug-likeness (QED) is 0.776. The number of aromatic nitrogens is 4. The monoisotopic (exact) mass is 309 g/mol. The van der Waals surface area contributed by atoms with Crippen LogP contribution in [0, 0.1) is 0 Å². The Labute approximate surface area is 134 Å². The number of aromatic hydroxyl groups is 1. The minimum absolute atomic E-state index is 0.150. The van der Waals surface area contributed by atoms with Gasteiger partial charge in [0.1, 0.15) is 11.6 Å². The fourth-order valence-electron chi connectivity index (χ4n) is 3.27. The maximum atomic E-state index is 9.80. The van der Waals surface area contributed by atoms with Gasteiger partial charge in [-0.15, -0.1) is 0 Å². The first-order chi connectivity index (χ1) is 11.2. The molecule has 1 aromatic carbocycles. The molecule has 6 heteroatoms. The van der Waals surface area contributed by atoms with Gasteiger partial charge in [-0.25, -0.2) is 9.97 Å². The zero-order valence-corrected chi connectivity index (χ0v) is 13.0. The highest BCUT2D eigenvalue weighted by Gasteiger charge is 2.29. The van der Waals surface area contributed by atoms with Crippen LogP contribution in [0.2, 0.25) is 0 Å². The molecule has 2 N–H and O–H groups in total. The average Bonchev–Trinajstić information content (AvgIpc) is 3.16. The van der Waals surface area contributed by atoms with Crippen molar-refractivity contribution >= 4 is 0 Å². The number of hydrogen-bond donors (Lipinski definition) is 2. The first-order valence-corrected chi connectivity index (χ1v) is 7.70. The van der Waals surface area contributed by atoms with Crippen LogP contribution in [0.5, 0.6) is 5.75 Å². The Hall–Kier alpha value is -2.60. The first-order valence-electron chi connectivity index (χ1n) is 7.70. The molecule has 1 aliphatic heterocycles. The average molecular weight is 309 g/mol. The molecular formula is C17H19N5O. The summed E-state index contributed by atoms with van der Waals surface area (Å²) in [6, 6.07) is 7.46. The molecule has 3 heterocycles. The van der Waals surface area contributed by atoms with E-state index < -0.39 is 0 Å². The molecule has 0 spiro atoms. The lowest BCUT2D eigenvalue weighted by atomic mass is 9.91. The number of nitrogens with zero attached hydrogens (tertiary/aromatic N) is 4. The van der Waals surface area contributed by atoms with Gasteiger partial charge in [-0.2, -0.15) is 0 Å². The molecule has 23 heavy (non-hydrogen) atoms. The van der Waals surface area contributed by atoms with E-state index >= 15 is 0 Å². The summed E-state index contributed by atoms with van der Waals surface area (Å²) in [4.78, 5) is 14.5. The number of hydrogen-bond acceptors (Lipinski definition) is 4. The summed E-state index contributed by atoms with van der Waals surface area (Å²) < 4.78 is 2.05. The van der Waals surface area contributed by atoms with E-state index in [1.165, 1.54) is 0 Å². The standard InChI is InChI=1S/C17H19N5O/c1-21-6-5-18-16(21)10-22-8-14(12-3-2-4-13(23)7-12)17-15(9-22)19-11-20-17/h2-7,11,14,23H,8-10H2,1H3,(H,19,20). The Kier molecular flexibility index (Phi) is 3.38. The molecule has 118 valence electrons. The smallest absolute Gasteiger partial charge is 0.122 e. The van der Waals surface area contributed by atoms with E-state index in [0.717, 1.165) is 42.4 Å². The number of imidazole rings is 2. The van der Waals surface area contributed by atoms with Gasteiger partial charge in [-0.1, -0.05) is 12.1 Å². The van der Waals surface area contributed by atoms with Gasteiger partial charge >= 0.3 is 0 Å². The number of rotatable bonds is 3. The molecule has 0 bridgehead atoms. The number of benzene rings is 1. The molecule has 3 aromatic rings. The molecule has 0 saturated carbocycles. The molecule has 0 radical (unpaired) electrons. The summed E-state index contributed by atoms with van der Waals surface area (Å²) in [5.74, 6) is 1.49. The Morgan fingerprint density at radius 3 is 3.04 bits per heavy atom. The number of aryl methyl sites for hydroxylation is 1. The van der Waals surface area contributed by atoms with Crippen molar-refractivity contribution < 1.29 is 5.11 Å². The van der Waals surface area contributed by atoms with Crippen LogP contribution in [0.15, 0.2) is 43.0 Å². The van der Waals surface area contributed by atoms with E-state index in [2.05, 4.69) is 19.9 Å².